The molecule has 0 aromatic rings. The van der Waals surface area contributed by atoms with Gasteiger partial charge in [0.05, 0.1) is 6.61 Å². The lowest BCUT2D eigenvalue weighted by Crippen LogP contribution is -2.44. The van der Waals surface area contributed by atoms with E-state index in [-0.39, 0.29) is 18.4 Å². The molecule has 2 heterocycles. The van der Waals surface area contributed by atoms with E-state index in [1.54, 1.807) is 12.0 Å². The molecule has 0 bridgehead atoms. The Kier molecular flexibility index (Phi) is 3.28. The maximum atomic E-state index is 12.1. The second kappa shape index (κ2) is 4.53. The van der Waals surface area contributed by atoms with Gasteiger partial charge in [-0.3, -0.25) is 9.69 Å². The lowest BCUT2D eigenvalue weighted by Gasteiger charge is -2.29. The van der Waals surface area contributed by atoms with Crippen molar-refractivity contribution >= 4 is 5.91 Å². The van der Waals surface area contributed by atoms with Crippen LogP contribution in [-0.2, 0) is 19.0 Å². The summed E-state index contributed by atoms with van der Waals surface area (Å²) in [4.78, 5) is 13.7. The molecule has 2 aliphatic rings. The molecular weight excluding hydrogens is 210 g/mol. The van der Waals surface area contributed by atoms with Crippen LogP contribution in [0.1, 0.15) is 13.3 Å². The molecule has 2 rings (SSSR count). The Morgan fingerprint density at radius 1 is 1.44 bits per heavy atom. The standard InChI is InChI=1S/C11H17NO4/c1-7-4-5-16-11(7)12-9(15-3)6-8(14-2)10(12)13/h4,8-9,11H,5-6H2,1-3H3/t8-,9+,11?/m0/s1. The average molecular weight is 227 g/mol. The third-order valence-corrected chi connectivity index (χ3v) is 3.11. The fraction of sp³-hybridized carbons (Fsp3) is 0.727. The fourth-order valence-corrected chi connectivity index (χ4v) is 2.18. The molecule has 5 heteroatoms. The normalized spacial score (nSPS) is 34.7. The number of amides is 1. The number of carbonyl (C=O) groups excluding carboxylic acids is 1. The van der Waals surface area contributed by atoms with Crippen LogP contribution in [0.15, 0.2) is 11.6 Å². The van der Waals surface area contributed by atoms with Crippen molar-refractivity contribution in [1.82, 2.24) is 4.90 Å². The predicted molar refractivity (Wildman–Crippen MR) is 56.6 cm³/mol. The van der Waals surface area contributed by atoms with E-state index < -0.39 is 6.10 Å². The van der Waals surface area contributed by atoms with Gasteiger partial charge in [-0.1, -0.05) is 6.08 Å². The van der Waals surface area contributed by atoms with E-state index in [1.807, 2.05) is 13.0 Å². The van der Waals surface area contributed by atoms with Crippen molar-refractivity contribution in [1.29, 1.82) is 0 Å². The smallest absolute Gasteiger partial charge is 0.256 e. The van der Waals surface area contributed by atoms with Gasteiger partial charge >= 0.3 is 0 Å². The zero-order chi connectivity index (χ0) is 11.7. The van der Waals surface area contributed by atoms with Gasteiger partial charge in [0.15, 0.2) is 6.23 Å². The molecule has 0 saturated carbocycles. The minimum atomic E-state index is -0.415. The van der Waals surface area contributed by atoms with Crippen LogP contribution < -0.4 is 0 Å². The summed E-state index contributed by atoms with van der Waals surface area (Å²) >= 11 is 0. The molecule has 1 fully saturated rings. The van der Waals surface area contributed by atoms with Crippen molar-refractivity contribution in [3.05, 3.63) is 11.6 Å². The first-order valence-electron chi connectivity index (χ1n) is 5.35. The van der Waals surface area contributed by atoms with Crippen molar-refractivity contribution in [3.8, 4) is 0 Å². The van der Waals surface area contributed by atoms with Gasteiger partial charge in [0, 0.05) is 20.6 Å². The van der Waals surface area contributed by atoms with Crippen molar-refractivity contribution in [2.45, 2.75) is 31.9 Å². The minimum absolute atomic E-state index is 0.0611. The van der Waals surface area contributed by atoms with Crippen LogP contribution in [0.25, 0.3) is 0 Å². The Morgan fingerprint density at radius 3 is 2.69 bits per heavy atom. The highest BCUT2D eigenvalue weighted by atomic mass is 16.5. The molecule has 1 saturated heterocycles. The summed E-state index contributed by atoms with van der Waals surface area (Å²) in [5, 5.41) is 0. The van der Waals surface area contributed by atoms with E-state index in [2.05, 4.69) is 0 Å². The topological polar surface area (TPSA) is 48.0 Å². The number of nitrogens with zero attached hydrogens (tertiary/aromatic N) is 1. The molecule has 3 atom stereocenters. The van der Waals surface area contributed by atoms with Gasteiger partial charge in [0.25, 0.3) is 5.91 Å². The zero-order valence-corrected chi connectivity index (χ0v) is 9.80. The molecule has 1 amide bonds. The summed E-state index contributed by atoms with van der Waals surface area (Å²) in [5.74, 6) is -0.0611. The lowest BCUT2D eigenvalue weighted by molar-refractivity contribution is -0.155. The fourth-order valence-electron chi connectivity index (χ4n) is 2.18. The Balaban J connectivity index is 2.18. The van der Waals surface area contributed by atoms with Crippen molar-refractivity contribution in [2.75, 3.05) is 20.8 Å². The number of likely N-dealkylation sites (tertiary alicyclic amines) is 1. The minimum Gasteiger partial charge on any atom is -0.371 e. The lowest BCUT2D eigenvalue weighted by atomic mass is 10.2. The summed E-state index contributed by atoms with van der Waals surface area (Å²) in [6.45, 7) is 2.51. The Labute approximate surface area is 94.9 Å². The van der Waals surface area contributed by atoms with Crippen LogP contribution in [-0.4, -0.2) is 50.2 Å². The average Bonchev–Trinajstić information content (AvgIpc) is 2.82. The van der Waals surface area contributed by atoms with E-state index in [9.17, 15) is 4.79 Å². The van der Waals surface area contributed by atoms with Crippen LogP contribution in [0.5, 0.6) is 0 Å². The van der Waals surface area contributed by atoms with Gasteiger partial charge in [-0.25, -0.2) is 0 Å². The van der Waals surface area contributed by atoms with Crippen molar-refractivity contribution in [2.24, 2.45) is 0 Å². The molecule has 0 aromatic heterocycles. The van der Waals surface area contributed by atoms with E-state index in [1.165, 1.54) is 7.11 Å². The number of rotatable bonds is 3. The summed E-state index contributed by atoms with van der Waals surface area (Å²) in [6, 6.07) is 0. The zero-order valence-electron chi connectivity index (χ0n) is 9.80. The highest BCUT2D eigenvalue weighted by molar-refractivity contribution is 5.84. The third kappa shape index (κ3) is 1.75. The first kappa shape index (κ1) is 11.6. The third-order valence-electron chi connectivity index (χ3n) is 3.11. The molecule has 2 aliphatic heterocycles. The Morgan fingerprint density at radius 2 is 2.19 bits per heavy atom. The Bertz CT molecular complexity index is 315. The monoisotopic (exact) mass is 227 g/mol. The van der Waals surface area contributed by atoms with Crippen LogP contribution in [0.4, 0.5) is 0 Å². The maximum Gasteiger partial charge on any atom is 0.256 e. The number of ether oxygens (including phenoxy) is 3. The van der Waals surface area contributed by atoms with E-state index in [4.69, 9.17) is 14.2 Å². The molecule has 0 aliphatic carbocycles. The van der Waals surface area contributed by atoms with Gasteiger partial charge in [-0.15, -0.1) is 0 Å². The highest BCUT2D eigenvalue weighted by Crippen LogP contribution is 2.29. The Hall–Kier alpha value is -0.910. The van der Waals surface area contributed by atoms with Crippen LogP contribution in [0.3, 0.4) is 0 Å². The summed E-state index contributed by atoms with van der Waals surface area (Å²) in [5.41, 5.74) is 1.05. The molecule has 1 unspecified atom stereocenters. The van der Waals surface area contributed by atoms with Gasteiger partial charge in [-0.2, -0.15) is 0 Å². The number of methoxy groups -OCH3 is 2. The summed E-state index contributed by atoms with van der Waals surface area (Å²) in [6.07, 6.45) is 1.56. The maximum absolute atomic E-state index is 12.1. The summed E-state index contributed by atoms with van der Waals surface area (Å²) < 4.78 is 16.0. The molecular formula is C11H17NO4. The molecule has 0 aromatic carbocycles. The highest BCUT2D eigenvalue weighted by Gasteiger charge is 2.45. The first-order chi connectivity index (χ1) is 7.69. The number of hydrogen-bond donors (Lipinski definition) is 0. The predicted octanol–water partition coefficient (Wildman–Crippen LogP) is 0.509. The van der Waals surface area contributed by atoms with Gasteiger partial charge < -0.3 is 14.2 Å². The molecule has 5 nitrogen and oxygen atoms in total. The van der Waals surface area contributed by atoms with Crippen molar-refractivity contribution in [3.63, 3.8) is 0 Å². The van der Waals surface area contributed by atoms with E-state index >= 15 is 0 Å². The van der Waals surface area contributed by atoms with E-state index in [0.29, 0.717) is 13.0 Å². The molecule has 90 valence electrons. The van der Waals surface area contributed by atoms with Crippen LogP contribution >= 0.6 is 0 Å². The molecule has 0 N–H and O–H groups in total. The first-order valence-corrected chi connectivity index (χ1v) is 5.35. The second-order valence-corrected chi connectivity index (χ2v) is 4.03. The number of hydrogen-bond acceptors (Lipinski definition) is 4. The number of carbonyl (C=O) groups is 1. The van der Waals surface area contributed by atoms with Gasteiger partial charge in [0.1, 0.15) is 12.3 Å². The molecule has 0 spiro atoms. The quantitative estimate of drug-likeness (QED) is 0.659. The summed E-state index contributed by atoms with van der Waals surface area (Å²) in [7, 11) is 3.13. The van der Waals surface area contributed by atoms with E-state index in [0.717, 1.165) is 5.57 Å². The van der Waals surface area contributed by atoms with Crippen LogP contribution in [0, 0.1) is 0 Å². The largest absolute Gasteiger partial charge is 0.371 e. The molecule has 0 radical (unpaired) electrons. The van der Waals surface area contributed by atoms with Crippen molar-refractivity contribution < 1.29 is 19.0 Å². The molecule has 16 heavy (non-hydrogen) atoms. The van der Waals surface area contributed by atoms with Gasteiger partial charge in [0.2, 0.25) is 0 Å². The second-order valence-electron chi connectivity index (χ2n) is 4.03. The van der Waals surface area contributed by atoms with Gasteiger partial charge in [-0.05, 0) is 12.5 Å². The SMILES string of the molecule is CO[C@H]1C[C@@H](OC)N(C2OCC=C2C)C1=O. The van der Waals surface area contributed by atoms with Crippen LogP contribution in [0.2, 0.25) is 0 Å².